The van der Waals surface area contributed by atoms with Crippen LogP contribution >= 0.6 is 0 Å². The molecule has 0 spiro atoms. The Balaban J connectivity index is 2.38. The number of aromatic carboxylic acids is 2. The second kappa shape index (κ2) is 5.66. The second-order valence-corrected chi connectivity index (χ2v) is 4.78. The monoisotopic (exact) mass is 286 g/mol. The molecule has 0 bridgehead atoms. The molecule has 5 heteroatoms. The van der Waals surface area contributed by atoms with Gasteiger partial charge in [-0.05, 0) is 61.4 Å². The molecule has 0 saturated carbocycles. The third kappa shape index (κ3) is 3.60. The fourth-order valence-electron chi connectivity index (χ4n) is 2.00. The third-order valence-electron chi connectivity index (χ3n) is 2.83. The molecule has 0 aliphatic heterocycles. The van der Waals surface area contributed by atoms with Crippen molar-refractivity contribution in [2.75, 3.05) is 0 Å². The molecule has 108 valence electrons. The lowest BCUT2D eigenvalue weighted by molar-refractivity contribution is 0.0686. The molecule has 2 aromatic carbocycles. The van der Waals surface area contributed by atoms with Crippen LogP contribution in [0.5, 0.6) is 11.5 Å². The summed E-state index contributed by atoms with van der Waals surface area (Å²) >= 11 is 0. The number of hydrogen-bond acceptors (Lipinski definition) is 3. The van der Waals surface area contributed by atoms with E-state index in [1.165, 1.54) is 24.3 Å². The summed E-state index contributed by atoms with van der Waals surface area (Å²) in [4.78, 5) is 22.0. The van der Waals surface area contributed by atoms with Crippen LogP contribution in [0.2, 0.25) is 0 Å². The van der Waals surface area contributed by atoms with Crippen molar-refractivity contribution in [2.24, 2.45) is 0 Å². The fourth-order valence-corrected chi connectivity index (χ4v) is 2.00. The van der Waals surface area contributed by atoms with E-state index in [-0.39, 0.29) is 11.1 Å². The molecular weight excluding hydrogens is 272 g/mol. The summed E-state index contributed by atoms with van der Waals surface area (Å²) in [6.07, 6.45) is 0. The Morgan fingerprint density at radius 1 is 0.762 bits per heavy atom. The number of rotatable bonds is 4. The second-order valence-electron chi connectivity index (χ2n) is 4.78. The zero-order valence-electron chi connectivity index (χ0n) is 11.6. The number of benzene rings is 2. The first kappa shape index (κ1) is 14.6. The Kier molecular flexibility index (Phi) is 3.93. The molecule has 0 heterocycles. The van der Waals surface area contributed by atoms with Gasteiger partial charge < -0.3 is 14.9 Å². The lowest BCUT2D eigenvalue weighted by Gasteiger charge is -2.09. The maximum absolute atomic E-state index is 11.0. The molecular formula is C16H14O5. The van der Waals surface area contributed by atoms with E-state index in [2.05, 4.69) is 0 Å². The van der Waals surface area contributed by atoms with E-state index in [1.54, 1.807) is 26.0 Å². The minimum Gasteiger partial charge on any atom is -0.478 e. The molecule has 0 aliphatic carbocycles. The molecule has 0 unspecified atom stereocenters. The van der Waals surface area contributed by atoms with Gasteiger partial charge in [0.25, 0.3) is 0 Å². The van der Waals surface area contributed by atoms with Crippen LogP contribution in [-0.4, -0.2) is 22.2 Å². The SMILES string of the molecule is Cc1cc(Oc2cc(C)cc(C(=O)O)c2)cc(C(=O)O)c1. The third-order valence-corrected chi connectivity index (χ3v) is 2.83. The van der Waals surface area contributed by atoms with Gasteiger partial charge in [-0.3, -0.25) is 0 Å². The van der Waals surface area contributed by atoms with Crippen LogP contribution in [0.1, 0.15) is 31.8 Å². The van der Waals surface area contributed by atoms with Gasteiger partial charge in [0.05, 0.1) is 11.1 Å². The van der Waals surface area contributed by atoms with Crippen LogP contribution in [0.15, 0.2) is 36.4 Å². The normalized spacial score (nSPS) is 10.2. The molecule has 0 atom stereocenters. The van der Waals surface area contributed by atoms with Gasteiger partial charge in [-0.15, -0.1) is 0 Å². The fraction of sp³-hybridized carbons (Fsp3) is 0.125. The molecule has 2 N–H and O–H groups in total. The summed E-state index contributed by atoms with van der Waals surface area (Å²) in [5, 5.41) is 18.1. The van der Waals surface area contributed by atoms with E-state index in [0.29, 0.717) is 11.5 Å². The van der Waals surface area contributed by atoms with Crippen molar-refractivity contribution in [3.63, 3.8) is 0 Å². The molecule has 0 aliphatic rings. The van der Waals surface area contributed by atoms with Crippen LogP contribution in [0.4, 0.5) is 0 Å². The van der Waals surface area contributed by atoms with Crippen molar-refractivity contribution in [3.8, 4) is 11.5 Å². The van der Waals surface area contributed by atoms with E-state index >= 15 is 0 Å². The quantitative estimate of drug-likeness (QED) is 0.898. The molecule has 0 aromatic heterocycles. The first-order valence-electron chi connectivity index (χ1n) is 6.23. The lowest BCUT2D eigenvalue weighted by atomic mass is 10.1. The summed E-state index contributed by atoms with van der Waals surface area (Å²) in [6, 6.07) is 9.25. The first-order chi connectivity index (χ1) is 9.85. The number of carbonyl (C=O) groups is 2. The largest absolute Gasteiger partial charge is 0.478 e. The summed E-state index contributed by atoms with van der Waals surface area (Å²) < 4.78 is 5.60. The molecule has 0 amide bonds. The summed E-state index contributed by atoms with van der Waals surface area (Å²) in [5.41, 5.74) is 1.74. The molecule has 5 nitrogen and oxygen atoms in total. The van der Waals surface area contributed by atoms with Crippen molar-refractivity contribution in [1.82, 2.24) is 0 Å². The minimum atomic E-state index is -1.04. The summed E-state index contributed by atoms with van der Waals surface area (Å²) in [7, 11) is 0. The highest BCUT2D eigenvalue weighted by Crippen LogP contribution is 2.26. The molecule has 2 aromatic rings. The Morgan fingerprint density at radius 3 is 1.48 bits per heavy atom. The lowest BCUT2D eigenvalue weighted by Crippen LogP contribution is -1.99. The summed E-state index contributed by atoms with van der Waals surface area (Å²) in [6.45, 7) is 3.52. The Hall–Kier alpha value is -2.82. The van der Waals surface area contributed by atoms with E-state index in [4.69, 9.17) is 14.9 Å². The highest BCUT2D eigenvalue weighted by atomic mass is 16.5. The maximum Gasteiger partial charge on any atom is 0.335 e. The van der Waals surface area contributed by atoms with Gasteiger partial charge in [-0.25, -0.2) is 9.59 Å². The van der Waals surface area contributed by atoms with Crippen LogP contribution in [0, 0.1) is 13.8 Å². The van der Waals surface area contributed by atoms with Crippen molar-refractivity contribution in [2.45, 2.75) is 13.8 Å². The van der Waals surface area contributed by atoms with Crippen molar-refractivity contribution in [1.29, 1.82) is 0 Å². The standard InChI is InChI=1S/C16H14O5/c1-9-3-11(15(17)18)7-13(5-9)21-14-6-10(2)4-12(8-14)16(19)20/h3-8H,1-2H3,(H,17,18)(H,19,20). The van der Waals surface area contributed by atoms with Crippen LogP contribution < -0.4 is 4.74 Å². The Labute approximate surface area is 121 Å². The number of hydrogen-bond donors (Lipinski definition) is 2. The summed E-state index contributed by atoms with van der Waals surface area (Å²) in [5.74, 6) is -1.37. The van der Waals surface area contributed by atoms with E-state index in [9.17, 15) is 9.59 Å². The number of aryl methyl sites for hydroxylation is 2. The van der Waals surface area contributed by atoms with E-state index in [0.717, 1.165) is 11.1 Å². The number of carboxylic acids is 2. The predicted molar refractivity (Wildman–Crippen MR) is 76.4 cm³/mol. The van der Waals surface area contributed by atoms with Gasteiger partial charge in [0, 0.05) is 0 Å². The first-order valence-corrected chi connectivity index (χ1v) is 6.23. The number of carboxylic acid groups (broad SMARTS) is 2. The zero-order chi connectivity index (χ0) is 15.6. The molecule has 2 rings (SSSR count). The highest BCUT2D eigenvalue weighted by molar-refractivity contribution is 5.89. The minimum absolute atomic E-state index is 0.121. The van der Waals surface area contributed by atoms with Crippen molar-refractivity contribution in [3.05, 3.63) is 58.7 Å². The van der Waals surface area contributed by atoms with E-state index < -0.39 is 11.9 Å². The van der Waals surface area contributed by atoms with Gasteiger partial charge in [0.15, 0.2) is 0 Å². The van der Waals surface area contributed by atoms with Crippen molar-refractivity contribution >= 4 is 11.9 Å². The Morgan fingerprint density at radius 2 is 1.14 bits per heavy atom. The smallest absolute Gasteiger partial charge is 0.335 e. The predicted octanol–water partition coefficient (Wildman–Crippen LogP) is 3.49. The Bertz CT molecular complexity index is 657. The molecule has 0 saturated heterocycles. The average Bonchev–Trinajstić information content (AvgIpc) is 2.37. The van der Waals surface area contributed by atoms with Gasteiger partial charge in [0.2, 0.25) is 0 Å². The van der Waals surface area contributed by atoms with E-state index in [1.807, 2.05) is 0 Å². The molecule has 0 radical (unpaired) electrons. The van der Waals surface area contributed by atoms with Crippen LogP contribution in [0.25, 0.3) is 0 Å². The van der Waals surface area contributed by atoms with Crippen molar-refractivity contribution < 1.29 is 24.5 Å². The van der Waals surface area contributed by atoms with Gasteiger partial charge in [-0.2, -0.15) is 0 Å². The molecule has 0 fully saturated rings. The number of ether oxygens (including phenoxy) is 1. The topological polar surface area (TPSA) is 83.8 Å². The van der Waals surface area contributed by atoms with Crippen LogP contribution in [0.3, 0.4) is 0 Å². The highest BCUT2D eigenvalue weighted by Gasteiger charge is 2.09. The zero-order valence-corrected chi connectivity index (χ0v) is 11.6. The maximum atomic E-state index is 11.0. The van der Waals surface area contributed by atoms with Gasteiger partial charge >= 0.3 is 11.9 Å². The van der Waals surface area contributed by atoms with Crippen LogP contribution in [-0.2, 0) is 0 Å². The molecule has 21 heavy (non-hydrogen) atoms. The van der Waals surface area contributed by atoms with Gasteiger partial charge in [0.1, 0.15) is 11.5 Å². The van der Waals surface area contributed by atoms with Gasteiger partial charge in [-0.1, -0.05) is 0 Å². The average molecular weight is 286 g/mol.